The lowest BCUT2D eigenvalue weighted by atomic mass is 9.91. The summed E-state index contributed by atoms with van der Waals surface area (Å²) in [5, 5.41) is 0.358. The van der Waals surface area contributed by atoms with Crippen molar-refractivity contribution in [2.24, 2.45) is 0 Å². The van der Waals surface area contributed by atoms with Gasteiger partial charge < -0.3 is 19.9 Å². The smallest absolute Gasteiger partial charge is 0.338 e. The maximum Gasteiger partial charge on any atom is 0.338 e. The molecule has 2 aliphatic rings. The molecule has 2 N–H and O–H groups in total. The SMILES string of the molecule is Nc1ccc(C(=O)OC2CCOC3(CCOC3)C2)cc1Cl. The van der Waals surface area contributed by atoms with Gasteiger partial charge >= 0.3 is 5.97 Å². The van der Waals surface area contributed by atoms with Crippen LogP contribution in [-0.4, -0.2) is 37.5 Å². The van der Waals surface area contributed by atoms with Crippen molar-refractivity contribution >= 4 is 23.3 Å². The van der Waals surface area contributed by atoms with Crippen LogP contribution in [0.2, 0.25) is 5.02 Å². The molecular formula is C15H18ClNO4. The van der Waals surface area contributed by atoms with Gasteiger partial charge in [0.15, 0.2) is 0 Å². The average molecular weight is 312 g/mol. The van der Waals surface area contributed by atoms with Crippen LogP contribution in [0, 0.1) is 0 Å². The molecule has 5 nitrogen and oxygen atoms in total. The molecule has 2 unspecified atom stereocenters. The van der Waals surface area contributed by atoms with Crippen LogP contribution < -0.4 is 5.73 Å². The van der Waals surface area contributed by atoms with Crippen LogP contribution in [0.15, 0.2) is 18.2 Å². The van der Waals surface area contributed by atoms with E-state index in [-0.39, 0.29) is 17.7 Å². The zero-order chi connectivity index (χ0) is 14.9. The van der Waals surface area contributed by atoms with Crippen molar-refractivity contribution in [3.05, 3.63) is 28.8 Å². The molecule has 0 saturated carbocycles. The minimum absolute atomic E-state index is 0.149. The number of halogens is 1. The number of hydrogen-bond donors (Lipinski definition) is 1. The second kappa shape index (κ2) is 5.83. The number of ether oxygens (including phenoxy) is 3. The maximum absolute atomic E-state index is 12.2. The Bertz CT molecular complexity index is 542. The Morgan fingerprint density at radius 2 is 2.29 bits per heavy atom. The monoisotopic (exact) mass is 311 g/mol. The summed E-state index contributed by atoms with van der Waals surface area (Å²) in [5.41, 5.74) is 6.22. The fraction of sp³-hybridized carbons (Fsp3) is 0.533. The highest BCUT2D eigenvalue weighted by atomic mass is 35.5. The zero-order valence-electron chi connectivity index (χ0n) is 11.6. The Balaban J connectivity index is 1.65. The summed E-state index contributed by atoms with van der Waals surface area (Å²) < 4.78 is 16.8. The number of anilines is 1. The Kier molecular flexibility index (Phi) is 4.06. The van der Waals surface area contributed by atoms with Crippen molar-refractivity contribution in [1.82, 2.24) is 0 Å². The molecule has 0 aromatic heterocycles. The molecule has 21 heavy (non-hydrogen) atoms. The molecule has 3 rings (SSSR count). The molecule has 114 valence electrons. The van der Waals surface area contributed by atoms with Gasteiger partial charge in [-0.05, 0) is 18.2 Å². The van der Waals surface area contributed by atoms with Crippen molar-refractivity contribution in [2.75, 3.05) is 25.6 Å². The van der Waals surface area contributed by atoms with E-state index in [1.165, 1.54) is 6.07 Å². The van der Waals surface area contributed by atoms with E-state index in [0.29, 0.717) is 48.9 Å². The van der Waals surface area contributed by atoms with Crippen LogP contribution in [0.1, 0.15) is 29.6 Å². The zero-order valence-corrected chi connectivity index (χ0v) is 12.4. The predicted molar refractivity (Wildman–Crippen MR) is 78.4 cm³/mol. The number of hydrogen-bond acceptors (Lipinski definition) is 5. The highest BCUT2D eigenvalue weighted by molar-refractivity contribution is 6.33. The molecule has 0 radical (unpaired) electrons. The molecule has 1 spiro atoms. The molecule has 2 saturated heterocycles. The van der Waals surface area contributed by atoms with Crippen molar-refractivity contribution in [3.63, 3.8) is 0 Å². The molecule has 1 aromatic carbocycles. The molecule has 1 aromatic rings. The molecule has 0 bridgehead atoms. The normalized spacial score (nSPS) is 28.7. The number of benzene rings is 1. The molecule has 2 atom stereocenters. The third-order valence-corrected chi connectivity index (χ3v) is 4.35. The Labute approximate surface area is 128 Å². The summed E-state index contributed by atoms with van der Waals surface area (Å²) in [6.07, 6.45) is 2.09. The van der Waals surface area contributed by atoms with E-state index in [4.69, 9.17) is 31.5 Å². The van der Waals surface area contributed by atoms with E-state index in [1.54, 1.807) is 12.1 Å². The first-order chi connectivity index (χ1) is 10.1. The summed E-state index contributed by atoms with van der Waals surface area (Å²) in [5.74, 6) is -0.377. The van der Waals surface area contributed by atoms with Gasteiger partial charge in [0, 0.05) is 25.9 Å². The highest BCUT2D eigenvalue weighted by Gasteiger charge is 2.42. The maximum atomic E-state index is 12.2. The minimum Gasteiger partial charge on any atom is -0.459 e. The van der Waals surface area contributed by atoms with Crippen molar-refractivity contribution in [3.8, 4) is 0 Å². The Morgan fingerprint density at radius 3 is 3.00 bits per heavy atom. The van der Waals surface area contributed by atoms with Gasteiger partial charge in [-0.2, -0.15) is 0 Å². The standard InChI is InChI=1S/C15H18ClNO4/c16-12-7-10(1-2-13(12)17)14(18)21-11-3-5-20-15(8-11)4-6-19-9-15/h1-2,7,11H,3-6,8-9,17H2. The fourth-order valence-corrected chi connectivity index (χ4v) is 3.00. The largest absolute Gasteiger partial charge is 0.459 e. The van der Waals surface area contributed by atoms with E-state index in [2.05, 4.69) is 0 Å². The molecule has 0 aliphatic carbocycles. The molecule has 2 fully saturated rings. The lowest BCUT2D eigenvalue weighted by molar-refractivity contribution is -0.120. The number of carbonyl (C=O) groups excluding carboxylic acids is 1. The first-order valence-electron chi connectivity index (χ1n) is 7.06. The Hall–Kier alpha value is -1.30. The second-order valence-electron chi connectivity index (χ2n) is 5.59. The summed E-state index contributed by atoms with van der Waals surface area (Å²) in [6.45, 7) is 1.87. The minimum atomic E-state index is -0.377. The topological polar surface area (TPSA) is 70.8 Å². The second-order valence-corrected chi connectivity index (χ2v) is 6.00. The van der Waals surface area contributed by atoms with Crippen LogP contribution in [0.5, 0.6) is 0 Å². The summed E-state index contributed by atoms with van der Waals surface area (Å²) in [4.78, 5) is 12.2. The van der Waals surface area contributed by atoms with Gasteiger partial charge in [0.05, 0.1) is 35.1 Å². The summed E-state index contributed by atoms with van der Waals surface area (Å²) in [6, 6.07) is 4.76. The van der Waals surface area contributed by atoms with Crippen molar-refractivity contribution in [2.45, 2.75) is 31.0 Å². The van der Waals surface area contributed by atoms with Crippen LogP contribution in [0.25, 0.3) is 0 Å². The van der Waals surface area contributed by atoms with E-state index in [0.717, 1.165) is 6.42 Å². The van der Waals surface area contributed by atoms with Gasteiger partial charge in [0.25, 0.3) is 0 Å². The van der Waals surface area contributed by atoms with E-state index >= 15 is 0 Å². The van der Waals surface area contributed by atoms with Crippen LogP contribution >= 0.6 is 11.6 Å². The van der Waals surface area contributed by atoms with E-state index in [9.17, 15) is 4.79 Å². The van der Waals surface area contributed by atoms with Crippen molar-refractivity contribution in [1.29, 1.82) is 0 Å². The van der Waals surface area contributed by atoms with Crippen molar-refractivity contribution < 1.29 is 19.0 Å². The highest BCUT2D eigenvalue weighted by Crippen LogP contribution is 2.34. The van der Waals surface area contributed by atoms with Gasteiger partial charge in [-0.3, -0.25) is 0 Å². The first-order valence-corrected chi connectivity index (χ1v) is 7.43. The molecule has 0 amide bonds. The lowest BCUT2D eigenvalue weighted by Gasteiger charge is -2.36. The number of rotatable bonds is 2. The molecular weight excluding hydrogens is 294 g/mol. The number of carbonyl (C=O) groups is 1. The first kappa shape index (κ1) is 14.6. The van der Waals surface area contributed by atoms with E-state index in [1.807, 2.05) is 0 Å². The number of esters is 1. The van der Waals surface area contributed by atoms with Crippen LogP contribution in [0.3, 0.4) is 0 Å². The number of nitrogens with two attached hydrogens (primary N) is 1. The summed E-state index contributed by atoms with van der Waals surface area (Å²) >= 11 is 5.93. The quantitative estimate of drug-likeness (QED) is 0.671. The van der Waals surface area contributed by atoms with Crippen LogP contribution in [-0.2, 0) is 14.2 Å². The molecule has 2 heterocycles. The van der Waals surface area contributed by atoms with Crippen LogP contribution in [0.4, 0.5) is 5.69 Å². The summed E-state index contributed by atoms with van der Waals surface area (Å²) in [7, 11) is 0. The predicted octanol–water partition coefficient (Wildman–Crippen LogP) is 2.42. The average Bonchev–Trinajstić information content (AvgIpc) is 2.89. The molecule has 2 aliphatic heterocycles. The fourth-order valence-electron chi connectivity index (χ4n) is 2.82. The van der Waals surface area contributed by atoms with Gasteiger partial charge in [-0.1, -0.05) is 11.6 Å². The van der Waals surface area contributed by atoms with E-state index < -0.39 is 0 Å². The third-order valence-electron chi connectivity index (χ3n) is 4.02. The van der Waals surface area contributed by atoms with Gasteiger partial charge in [-0.25, -0.2) is 4.79 Å². The third kappa shape index (κ3) is 3.15. The van der Waals surface area contributed by atoms with Gasteiger partial charge in [0.1, 0.15) is 6.10 Å². The lowest BCUT2D eigenvalue weighted by Crippen LogP contribution is -2.43. The van der Waals surface area contributed by atoms with Gasteiger partial charge in [-0.15, -0.1) is 0 Å². The molecule has 6 heteroatoms. The van der Waals surface area contributed by atoms with Gasteiger partial charge in [0.2, 0.25) is 0 Å². The number of nitrogen functional groups attached to an aromatic ring is 1. The Morgan fingerprint density at radius 1 is 1.43 bits per heavy atom.